The van der Waals surface area contributed by atoms with Crippen LogP contribution >= 0.6 is 11.6 Å². The number of carbonyl (C=O) groups is 1. The van der Waals surface area contributed by atoms with Gasteiger partial charge in [-0.2, -0.15) is 0 Å². The minimum atomic E-state index is -4.27. The Kier molecular flexibility index (Phi) is 8.09. The number of methoxy groups -OCH3 is 2. The van der Waals surface area contributed by atoms with E-state index in [-0.39, 0.29) is 27.3 Å². The topological polar surface area (TPSA) is 79.4 Å². The van der Waals surface area contributed by atoms with E-state index in [1.807, 2.05) is 30.3 Å². The average molecular weight is 548 g/mol. The summed E-state index contributed by atoms with van der Waals surface area (Å²) in [6.07, 6.45) is 0. The monoisotopic (exact) mass is 547 g/mol. The molecule has 37 heavy (non-hydrogen) atoms. The van der Waals surface area contributed by atoms with Crippen molar-refractivity contribution >= 4 is 38.9 Å². The molecule has 0 unspecified atom stereocenters. The van der Waals surface area contributed by atoms with E-state index in [9.17, 15) is 17.6 Å². The minimum Gasteiger partial charge on any atom is -0.493 e. The van der Waals surface area contributed by atoms with Crippen LogP contribution in [0.5, 0.6) is 11.5 Å². The van der Waals surface area contributed by atoms with Gasteiger partial charge in [-0.25, -0.2) is 12.8 Å². The van der Waals surface area contributed by atoms with Gasteiger partial charge >= 0.3 is 0 Å². The maximum absolute atomic E-state index is 13.9. The Morgan fingerprint density at radius 1 is 0.946 bits per heavy atom. The quantitative estimate of drug-likeness (QED) is 0.423. The summed E-state index contributed by atoms with van der Waals surface area (Å²) in [7, 11) is -1.44. The molecule has 0 aliphatic carbocycles. The van der Waals surface area contributed by atoms with Crippen molar-refractivity contribution in [2.24, 2.45) is 0 Å². The standard InChI is InChI=1S/C26H27ClFN3O5S/c1-35-24-11-9-21(17-25(24)36-2)37(33,34)31(20-8-10-23(28)22(27)16-20)18-26(32)30-14-12-29(13-15-30)19-6-4-3-5-7-19/h3-11,16-17H,12-15,18H2,1-2H3. The molecule has 0 spiro atoms. The van der Waals surface area contributed by atoms with Crippen molar-refractivity contribution in [3.63, 3.8) is 0 Å². The van der Waals surface area contributed by atoms with Crippen LogP contribution in [0.4, 0.5) is 15.8 Å². The molecule has 0 N–H and O–H groups in total. The second kappa shape index (κ2) is 11.3. The summed E-state index contributed by atoms with van der Waals surface area (Å²) in [6, 6.07) is 17.5. The number of rotatable bonds is 8. The highest BCUT2D eigenvalue weighted by Crippen LogP contribution is 2.33. The molecular formula is C26H27ClFN3O5S. The molecule has 1 saturated heterocycles. The molecule has 0 saturated carbocycles. The zero-order valence-electron chi connectivity index (χ0n) is 20.4. The highest BCUT2D eigenvalue weighted by atomic mass is 35.5. The molecule has 0 atom stereocenters. The number of carbonyl (C=O) groups excluding carboxylic acids is 1. The van der Waals surface area contributed by atoms with Gasteiger partial charge in [0.05, 0.1) is 29.8 Å². The van der Waals surface area contributed by atoms with E-state index in [1.54, 1.807) is 4.90 Å². The van der Waals surface area contributed by atoms with Crippen molar-refractivity contribution < 1.29 is 27.1 Å². The highest BCUT2D eigenvalue weighted by molar-refractivity contribution is 7.92. The Morgan fingerprint density at radius 3 is 2.24 bits per heavy atom. The number of hydrogen-bond donors (Lipinski definition) is 0. The first kappa shape index (κ1) is 26.6. The number of halogens is 2. The largest absolute Gasteiger partial charge is 0.493 e. The number of sulfonamides is 1. The molecule has 3 aromatic rings. The number of piperazine rings is 1. The Morgan fingerprint density at radius 2 is 1.62 bits per heavy atom. The van der Waals surface area contributed by atoms with Gasteiger partial charge in [0.25, 0.3) is 10.0 Å². The summed E-state index contributed by atoms with van der Waals surface area (Å²) in [6.45, 7) is 1.61. The number of hydrogen-bond acceptors (Lipinski definition) is 6. The second-order valence-electron chi connectivity index (χ2n) is 8.33. The lowest BCUT2D eigenvalue weighted by Crippen LogP contribution is -2.52. The molecule has 1 aliphatic rings. The molecule has 8 nitrogen and oxygen atoms in total. The van der Waals surface area contributed by atoms with Crippen LogP contribution in [0.15, 0.2) is 71.6 Å². The fourth-order valence-corrected chi connectivity index (χ4v) is 5.73. The molecule has 1 amide bonds. The van der Waals surface area contributed by atoms with Gasteiger partial charge in [-0.15, -0.1) is 0 Å². The Labute approximate surface area is 220 Å². The highest BCUT2D eigenvalue weighted by Gasteiger charge is 2.31. The molecule has 0 radical (unpaired) electrons. The maximum Gasteiger partial charge on any atom is 0.264 e. The van der Waals surface area contributed by atoms with E-state index in [0.29, 0.717) is 31.9 Å². The van der Waals surface area contributed by atoms with Gasteiger partial charge in [0.2, 0.25) is 5.91 Å². The zero-order chi connectivity index (χ0) is 26.6. The van der Waals surface area contributed by atoms with Gasteiger partial charge in [0.15, 0.2) is 11.5 Å². The number of para-hydroxylation sites is 1. The fraction of sp³-hybridized carbons (Fsp3) is 0.269. The first-order valence-electron chi connectivity index (χ1n) is 11.5. The SMILES string of the molecule is COc1ccc(S(=O)(=O)N(CC(=O)N2CCN(c3ccccc3)CC2)c2ccc(F)c(Cl)c2)cc1OC. The molecular weight excluding hydrogens is 521 g/mol. The predicted molar refractivity (Wildman–Crippen MR) is 141 cm³/mol. The lowest BCUT2D eigenvalue weighted by atomic mass is 10.2. The number of anilines is 2. The number of amides is 1. The van der Waals surface area contributed by atoms with Crippen LogP contribution in [-0.4, -0.2) is 66.2 Å². The van der Waals surface area contributed by atoms with E-state index in [0.717, 1.165) is 16.1 Å². The van der Waals surface area contributed by atoms with Crippen LogP contribution in [0.3, 0.4) is 0 Å². The van der Waals surface area contributed by atoms with Crippen LogP contribution in [-0.2, 0) is 14.8 Å². The molecule has 3 aromatic carbocycles. The van der Waals surface area contributed by atoms with Crippen LogP contribution in [0.1, 0.15) is 0 Å². The Bertz CT molecular complexity index is 1370. The van der Waals surface area contributed by atoms with Crippen molar-refractivity contribution in [2.45, 2.75) is 4.90 Å². The van der Waals surface area contributed by atoms with Crippen molar-refractivity contribution in [1.29, 1.82) is 0 Å². The molecule has 196 valence electrons. The molecule has 1 fully saturated rings. The molecule has 1 heterocycles. The van der Waals surface area contributed by atoms with Crippen LogP contribution in [0.25, 0.3) is 0 Å². The lowest BCUT2D eigenvalue weighted by molar-refractivity contribution is -0.129. The average Bonchev–Trinajstić information content (AvgIpc) is 2.93. The van der Waals surface area contributed by atoms with Gasteiger partial charge in [0, 0.05) is 37.9 Å². The first-order chi connectivity index (χ1) is 17.7. The molecule has 1 aliphatic heterocycles. The number of ether oxygens (including phenoxy) is 2. The molecule has 0 aromatic heterocycles. The number of nitrogens with zero attached hydrogens (tertiary/aromatic N) is 3. The minimum absolute atomic E-state index is 0.0671. The van der Waals surface area contributed by atoms with Gasteiger partial charge in [-0.1, -0.05) is 29.8 Å². The summed E-state index contributed by atoms with van der Waals surface area (Å²) >= 11 is 5.97. The third kappa shape index (κ3) is 5.75. The normalized spacial score (nSPS) is 13.8. The smallest absolute Gasteiger partial charge is 0.264 e. The summed E-state index contributed by atoms with van der Waals surface area (Å²) < 4.78 is 52.8. The third-order valence-electron chi connectivity index (χ3n) is 6.17. The van der Waals surface area contributed by atoms with Crippen molar-refractivity contribution in [2.75, 3.05) is 56.1 Å². The van der Waals surface area contributed by atoms with Gasteiger partial charge in [-0.05, 0) is 42.5 Å². The van der Waals surface area contributed by atoms with E-state index in [1.165, 1.54) is 44.6 Å². The Hall–Kier alpha value is -3.50. The van der Waals surface area contributed by atoms with Gasteiger partial charge in [0.1, 0.15) is 12.4 Å². The summed E-state index contributed by atoms with van der Waals surface area (Å²) in [5.41, 5.74) is 1.13. The molecule has 11 heteroatoms. The van der Waals surface area contributed by atoms with Crippen molar-refractivity contribution in [1.82, 2.24) is 4.90 Å². The lowest BCUT2D eigenvalue weighted by Gasteiger charge is -2.37. The van der Waals surface area contributed by atoms with Crippen molar-refractivity contribution in [3.8, 4) is 11.5 Å². The summed E-state index contributed by atoms with van der Waals surface area (Å²) in [5.74, 6) is -0.510. The van der Waals surface area contributed by atoms with E-state index < -0.39 is 22.4 Å². The molecule has 4 rings (SSSR count). The van der Waals surface area contributed by atoms with E-state index in [4.69, 9.17) is 21.1 Å². The van der Waals surface area contributed by atoms with E-state index >= 15 is 0 Å². The maximum atomic E-state index is 13.9. The second-order valence-corrected chi connectivity index (χ2v) is 10.6. The van der Waals surface area contributed by atoms with E-state index in [2.05, 4.69) is 4.90 Å². The van der Waals surface area contributed by atoms with Crippen LogP contribution < -0.4 is 18.7 Å². The number of benzene rings is 3. The fourth-order valence-electron chi connectivity index (χ4n) is 4.14. The zero-order valence-corrected chi connectivity index (χ0v) is 22.0. The van der Waals surface area contributed by atoms with Crippen molar-refractivity contribution in [3.05, 3.63) is 77.6 Å². The predicted octanol–water partition coefficient (Wildman–Crippen LogP) is 4.04. The summed E-state index contributed by atoms with van der Waals surface area (Å²) in [5, 5.41) is -0.256. The van der Waals surface area contributed by atoms with Crippen LogP contribution in [0.2, 0.25) is 5.02 Å². The first-order valence-corrected chi connectivity index (χ1v) is 13.3. The van der Waals surface area contributed by atoms with Crippen LogP contribution in [0, 0.1) is 5.82 Å². The van der Waals surface area contributed by atoms with Gasteiger partial charge < -0.3 is 19.3 Å². The Balaban J connectivity index is 1.61. The van der Waals surface area contributed by atoms with Gasteiger partial charge in [-0.3, -0.25) is 9.10 Å². The summed E-state index contributed by atoms with van der Waals surface area (Å²) in [4.78, 5) is 17.0. The molecule has 0 bridgehead atoms. The third-order valence-corrected chi connectivity index (χ3v) is 8.23.